The summed E-state index contributed by atoms with van der Waals surface area (Å²) in [5, 5.41) is 11.8. The average molecular weight is 320 g/mol. The first-order valence-corrected chi connectivity index (χ1v) is 8.89. The lowest BCUT2D eigenvalue weighted by Gasteiger charge is -2.26. The Morgan fingerprint density at radius 3 is 2.65 bits per heavy atom. The summed E-state index contributed by atoms with van der Waals surface area (Å²) in [5.74, 6) is 1.87. The van der Waals surface area contributed by atoms with Gasteiger partial charge in [-0.2, -0.15) is 0 Å². The van der Waals surface area contributed by atoms with Crippen LogP contribution in [0.2, 0.25) is 0 Å². The molecule has 2 aliphatic rings. The van der Waals surface area contributed by atoms with Gasteiger partial charge in [0, 0.05) is 39.6 Å². The predicted octanol–water partition coefficient (Wildman–Crippen LogP) is 1.39. The smallest absolute Gasteiger partial charge is 0.222 e. The highest BCUT2D eigenvalue weighted by Gasteiger charge is 2.27. The molecular formula is C16H28N6O. The Labute approximate surface area is 138 Å². The van der Waals surface area contributed by atoms with Crippen LogP contribution in [0.25, 0.3) is 0 Å². The summed E-state index contributed by atoms with van der Waals surface area (Å²) >= 11 is 0. The minimum atomic E-state index is 0.180. The van der Waals surface area contributed by atoms with E-state index in [1.165, 1.54) is 25.7 Å². The van der Waals surface area contributed by atoms with E-state index in [4.69, 9.17) is 0 Å². The molecule has 1 amide bonds. The van der Waals surface area contributed by atoms with Crippen LogP contribution >= 0.6 is 0 Å². The number of aryl methyl sites for hydroxylation is 1. The summed E-state index contributed by atoms with van der Waals surface area (Å²) < 4.78 is 1.73. The predicted molar refractivity (Wildman–Crippen MR) is 86.6 cm³/mol. The molecule has 1 saturated heterocycles. The van der Waals surface area contributed by atoms with Crippen molar-refractivity contribution in [3.8, 4) is 0 Å². The highest BCUT2D eigenvalue weighted by molar-refractivity contribution is 5.76. The molecule has 1 aromatic heterocycles. The van der Waals surface area contributed by atoms with E-state index in [9.17, 15) is 4.79 Å². The molecule has 7 heteroatoms. The van der Waals surface area contributed by atoms with E-state index in [0.717, 1.165) is 44.8 Å². The first-order chi connectivity index (χ1) is 11.1. The van der Waals surface area contributed by atoms with Gasteiger partial charge in [0.1, 0.15) is 0 Å². The van der Waals surface area contributed by atoms with E-state index < -0.39 is 0 Å². The highest BCUT2D eigenvalue weighted by atomic mass is 16.2. The fourth-order valence-electron chi connectivity index (χ4n) is 3.92. The van der Waals surface area contributed by atoms with Gasteiger partial charge in [0.2, 0.25) is 5.91 Å². The lowest BCUT2D eigenvalue weighted by molar-refractivity contribution is -0.132. The molecule has 1 unspecified atom stereocenters. The Morgan fingerprint density at radius 1 is 1.17 bits per heavy atom. The van der Waals surface area contributed by atoms with Gasteiger partial charge in [-0.15, -0.1) is 5.10 Å². The molecule has 1 atom stereocenters. The zero-order chi connectivity index (χ0) is 16.2. The van der Waals surface area contributed by atoms with E-state index in [-0.39, 0.29) is 6.04 Å². The number of aromatic nitrogens is 4. The molecule has 1 aromatic rings. The molecule has 3 rings (SSSR count). The van der Waals surface area contributed by atoms with Crippen molar-refractivity contribution in [1.82, 2.24) is 30.0 Å². The normalized spacial score (nSPS) is 22.3. The van der Waals surface area contributed by atoms with Crippen molar-refractivity contribution in [2.24, 2.45) is 13.0 Å². The molecule has 1 aliphatic carbocycles. The van der Waals surface area contributed by atoms with E-state index >= 15 is 0 Å². The minimum absolute atomic E-state index is 0.180. The standard InChI is InChI=1S/C16H28N6O/c1-13(16-17-18-19-20(16)2)21-8-5-9-22(11-10-21)15(23)12-14-6-3-4-7-14/h13-14H,3-12H2,1-2H3. The van der Waals surface area contributed by atoms with Gasteiger partial charge in [0.15, 0.2) is 5.82 Å². The van der Waals surface area contributed by atoms with Gasteiger partial charge < -0.3 is 4.90 Å². The number of amides is 1. The topological polar surface area (TPSA) is 67.2 Å². The zero-order valence-electron chi connectivity index (χ0n) is 14.3. The van der Waals surface area contributed by atoms with Crippen LogP contribution in [0.1, 0.15) is 57.3 Å². The van der Waals surface area contributed by atoms with Gasteiger partial charge in [-0.25, -0.2) is 4.68 Å². The summed E-state index contributed by atoms with van der Waals surface area (Å²) in [5.41, 5.74) is 0. The van der Waals surface area contributed by atoms with Crippen LogP contribution in [0.15, 0.2) is 0 Å². The molecule has 2 heterocycles. The second-order valence-corrected chi connectivity index (χ2v) is 6.96. The van der Waals surface area contributed by atoms with Crippen molar-refractivity contribution in [2.75, 3.05) is 26.2 Å². The van der Waals surface area contributed by atoms with Crippen LogP contribution in [0, 0.1) is 5.92 Å². The number of rotatable bonds is 4. The first-order valence-electron chi connectivity index (χ1n) is 8.89. The Hall–Kier alpha value is -1.50. The third-order valence-corrected chi connectivity index (χ3v) is 5.40. The van der Waals surface area contributed by atoms with Crippen LogP contribution in [0.3, 0.4) is 0 Å². The number of hydrogen-bond acceptors (Lipinski definition) is 5. The first kappa shape index (κ1) is 16.4. The van der Waals surface area contributed by atoms with Crippen molar-refractivity contribution in [2.45, 2.75) is 51.5 Å². The maximum Gasteiger partial charge on any atom is 0.222 e. The molecule has 23 heavy (non-hydrogen) atoms. The van der Waals surface area contributed by atoms with Crippen LogP contribution in [0.5, 0.6) is 0 Å². The lowest BCUT2D eigenvalue weighted by Crippen LogP contribution is -2.36. The molecule has 0 N–H and O–H groups in total. The van der Waals surface area contributed by atoms with Gasteiger partial charge in [-0.1, -0.05) is 12.8 Å². The third-order valence-electron chi connectivity index (χ3n) is 5.40. The summed E-state index contributed by atoms with van der Waals surface area (Å²) in [6.07, 6.45) is 6.85. The Bertz CT molecular complexity index is 524. The summed E-state index contributed by atoms with van der Waals surface area (Å²) in [7, 11) is 1.88. The number of carbonyl (C=O) groups excluding carboxylic acids is 1. The molecule has 0 aromatic carbocycles. The zero-order valence-corrected chi connectivity index (χ0v) is 14.3. The number of tetrazole rings is 1. The van der Waals surface area contributed by atoms with E-state index in [0.29, 0.717) is 11.8 Å². The van der Waals surface area contributed by atoms with Crippen molar-refractivity contribution in [3.05, 3.63) is 5.82 Å². The number of carbonyl (C=O) groups is 1. The van der Waals surface area contributed by atoms with Crippen LogP contribution in [0.4, 0.5) is 0 Å². The third kappa shape index (κ3) is 3.88. The van der Waals surface area contributed by atoms with Crippen LogP contribution < -0.4 is 0 Å². The van der Waals surface area contributed by atoms with Crippen molar-refractivity contribution in [3.63, 3.8) is 0 Å². The van der Waals surface area contributed by atoms with Crippen LogP contribution in [-0.4, -0.2) is 62.1 Å². The largest absolute Gasteiger partial charge is 0.341 e. The van der Waals surface area contributed by atoms with E-state index in [1.54, 1.807) is 4.68 Å². The van der Waals surface area contributed by atoms with E-state index in [1.807, 2.05) is 7.05 Å². The summed E-state index contributed by atoms with van der Waals surface area (Å²) in [6, 6.07) is 0.180. The monoisotopic (exact) mass is 320 g/mol. The quantitative estimate of drug-likeness (QED) is 0.838. The lowest BCUT2D eigenvalue weighted by atomic mass is 10.0. The molecule has 7 nitrogen and oxygen atoms in total. The molecule has 2 fully saturated rings. The van der Waals surface area contributed by atoms with Crippen LogP contribution in [-0.2, 0) is 11.8 Å². The molecule has 0 bridgehead atoms. The fraction of sp³-hybridized carbons (Fsp3) is 0.875. The molecule has 1 saturated carbocycles. The Kier molecular flexibility index (Phi) is 5.25. The SMILES string of the molecule is CC(c1nnnn1C)N1CCCN(C(=O)CC2CCCC2)CC1. The second kappa shape index (κ2) is 7.38. The van der Waals surface area contributed by atoms with Crippen molar-refractivity contribution < 1.29 is 4.79 Å². The summed E-state index contributed by atoms with van der Waals surface area (Å²) in [4.78, 5) is 17.0. The molecule has 0 spiro atoms. The molecular weight excluding hydrogens is 292 g/mol. The highest BCUT2D eigenvalue weighted by Crippen LogP contribution is 2.28. The van der Waals surface area contributed by atoms with Gasteiger partial charge in [-0.05, 0) is 42.5 Å². The van der Waals surface area contributed by atoms with Gasteiger partial charge in [0.25, 0.3) is 0 Å². The van der Waals surface area contributed by atoms with E-state index in [2.05, 4.69) is 32.2 Å². The number of nitrogens with zero attached hydrogens (tertiary/aromatic N) is 6. The molecule has 1 aliphatic heterocycles. The van der Waals surface area contributed by atoms with Gasteiger partial charge in [-0.3, -0.25) is 9.69 Å². The maximum absolute atomic E-state index is 12.5. The van der Waals surface area contributed by atoms with Gasteiger partial charge in [0.05, 0.1) is 6.04 Å². The maximum atomic E-state index is 12.5. The Morgan fingerprint density at radius 2 is 1.96 bits per heavy atom. The molecule has 128 valence electrons. The van der Waals surface area contributed by atoms with Crippen molar-refractivity contribution >= 4 is 5.91 Å². The summed E-state index contributed by atoms with van der Waals surface area (Å²) in [6.45, 7) is 5.72. The fourth-order valence-corrected chi connectivity index (χ4v) is 3.92. The molecule has 0 radical (unpaired) electrons. The minimum Gasteiger partial charge on any atom is -0.341 e. The Balaban J connectivity index is 1.54. The average Bonchev–Trinajstić information content (AvgIpc) is 3.12. The van der Waals surface area contributed by atoms with Gasteiger partial charge >= 0.3 is 0 Å². The number of hydrogen-bond donors (Lipinski definition) is 0. The second-order valence-electron chi connectivity index (χ2n) is 6.96. The van der Waals surface area contributed by atoms with Crippen molar-refractivity contribution in [1.29, 1.82) is 0 Å².